The van der Waals surface area contributed by atoms with Gasteiger partial charge in [-0.15, -0.1) is 0 Å². The maximum absolute atomic E-state index is 8.58. The van der Waals surface area contributed by atoms with Crippen molar-refractivity contribution in [2.75, 3.05) is 0 Å². The predicted octanol–water partition coefficient (Wildman–Crippen LogP) is 1.73. The number of hydrogen-bond acceptors (Lipinski definition) is 6. The van der Waals surface area contributed by atoms with Crippen LogP contribution in [0.15, 0.2) is 47.8 Å². The molecule has 2 N–H and O–H groups in total. The molecule has 0 amide bonds. The van der Waals surface area contributed by atoms with Crippen molar-refractivity contribution in [3.63, 3.8) is 0 Å². The topological polar surface area (TPSA) is 119 Å². The Balaban J connectivity index is 2.51. The zero-order valence-electron chi connectivity index (χ0n) is 11.7. The van der Waals surface area contributed by atoms with Gasteiger partial charge < -0.3 is 10.6 Å². The predicted molar refractivity (Wildman–Crippen MR) is 78.7 cm³/mol. The largest absolute Gasteiger partial charge is 0.385 e. The third kappa shape index (κ3) is 5.49. The molecule has 0 heterocycles. The molecule has 0 spiro atoms. The highest BCUT2D eigenvalue weighted by Crippen LogP contribution is 2.04. The number of nitrogens with zero attached hydrogens (tertiary/aromatic N) is 4. The van der Waals surface area contributed by atoms with E-state index < -0.39 is 0 Å². The highest BCUT2D eigenvalue weighted by Gasteiger charge is 1.96. The van der Waals surface area contributed by atoms with Gasteiger partial charge in [-0.2, -0.15) is 21.0 Å². The Bertz CT molecular complexity index is 632. The van der Waals surface area contributed by atoms with E-state index in [0.29, 0.717) is 13.1 Å². The van der Waals surface area contributed by atoms with Crippen molar-refractivity contribution in [2.24, 2.45) is 0 Å². The van der Waals surface area contributed by atoms with Gasteiger partial charge in [0.2, 0.25) is 0 Å². The molecule has 0 aromatic heterocycles. The van der Waals surface area contributed by atoms with E-state index in [1.54, 1.807) is 24.3 Å². The Labute approximate surface area is 128 Å². The molecule has 0 saturated heterocycles. The van der Waals surface area contributed by atoms with Crippen molar-refractivity contribution in [1.82, 2.24) is 10.6 Å². The molecular weight excluding hydrogens is 276 g/mol. The molecule has 0 aliphatic rings. The molecule has 0 aliphatic carbocycles. The second-order valence-electron chi connectivity index (χ2n) is 4.14. The second-order valence-corrected chi connectivity index (χ2v) is 4.14. The van der Waals surface area contributed by atoms with Crippen LogP contribution in [0.25, 0.3) is 0 Å². The maximum Gasteiger partial charge on any atom is 0.145 e. The van der Waals surface area contributed by atoms with Crippen LogP contribution in [0.1, 0.15) is 11.1 Å². The van der Waals surface area contributed by atoms with Gasteiger partial charge in [0, 0.05) is 25.5 Å². The van der Waals surface area contributed by atoms with Crippen LogP contribution in [-0.4, -0.2) is 0 Å². The summed E-state index contributed by atoms with van der Waals surface area (Å²) in [6.07, 6.45) is 2.76. The Kier molecular flexibility index (Phi) is 6.83. The standard InChI is InChI=1S/C16H12N6/c17-5-15(6-18)11-21-9-13-1-2-14(4-3-13)10-22-12-16(7-19)8-20/h1-4,11-12,21-22H,9-10H2. The fraction of sp³-hybridized carbons (Fsp3) is 0.125. The van der Waals surface area contributed by atoms with Crippen LogP contribution in [-0.2, 0) is 13.1 Å². The summed E-state index contributed by atoms with van der Waals surface area (Å²) in [4.78, 5) is 0. The Morgan fingerprint density at radius 1 is 0.727 bits per heavy atom. The lowest BCUT2D eigenvalue weighted by Crippen LogP contribution is -2.07. The Morgan fingerprint density at radius 3 is 1.32 bits per heavy atom. The number of benzene rings is 1. The van der Waals surface area contributed by atoms with Crippen LogP contribution >= 0.6 is 0 Å². The van der Waals surface area contributed by atoms with E-state index in [1.165, 1.54) is 12.4 Å². The number of nitriles is 4. The Morgan fingerprint density at radius 2 is 1.05 bits per heavy atom. The van der Waals surface area contributed by atoms with Gasteiger partial charge in [-0.05, 0) is 11.1 Å². The van der Waals surface area contributed by atoms with Crippen molar-refractivity contribution in [3.8, 4) is 24.3 Å². The average molecular weight is 288 g/mol. The van der Waals surface area contributed by atoms with Crippen molar-refractivity contribution < 1.29 is 0 Å². The van der Waals surface area contributed by atoms with Gasteiger partial charge in [0.15, 0.2) is 0 Å². The van der Waals surface area contributed by atoms with E-state index in [9.17, 15) is 0 Å². The van der Waals surface area contributed by atoms with E-state index >= 15 is 0 Å². The molecule has 0 atom stereocenters. The first kappa shape index (κ1) is 16.3. The molecule has 1 aromatic carbocycles. The molecule has 22 heavy (non-hydrogen) atoms. The summed E-state index contributed by atoms with van der Waals surface area (Å²) in [7, 11) is 0. The fourth-order valence-corrected chi connectivity index (χ4v) is 1.50. The van der Waals surface area contributed by atoms with Crippen molar-refractivity contribution >= 4 is 0 Å². The van der Waals surface area contributed by atoms with Gasteiger partial charge in [0.1, 0.15) is 35.4 Å². The molecule has 6 heteroatoms. The molecule has 0 aliphatic heterocycles. The van der Waals surface area contributed by atoms with Gasteiger partial charge in [-0.25, -0.2) is 0 Å². The monoisotopic (exact) mass is 288 g/mol. The zero-order chi connectivity index (χ0) is 16.2. The Hall–Kier alpha value is -3.74. The lowest BCUT2D eigenvalue weighted by molar-refractivity contribution is 0.851. The summed E-state index contributed by atoms with van der Waals surface area (Å²) < 4.78 is 0. The summed E-state index contributed by atoms with van der Waals surface area (Å²) >= 11 is 0. The van der Waals surface area contributed by atoms with Gasteiger partial charge >= 0.3 is 0 Å². The quantitative estimate of drug-likeness (QED) is 0.769. The lowest BCUT2D eigenvalue weighted by Gasteiger charge is -2.04. The van der Waals surface area contributed by atoms with Crippen molar-refractivity contribution in [3.05, 3.63) is 58.9 Å². The number of allylic oxidation sites excluding steroid dienone is 2. The molecule has 6 nitrogen and oxygen atoms in total. The molecule has 0 bridgehead atoms. The lowest BCUT2D eigenvalue weighted by atomic mass is 10.1. The normalized spacial score (nSPS) is 8.18. The fourth-order valence-electron chi connectivity index (χ4n) is 1.50. The average Bonchev–Trinajstić information content (AvgIpc) is 2.57. The molecule has 1 aromatic rings. The minimum absolute atomic E-state index is 0.0263. The van der Waals surface area contributed by atoms with Crippen LogP contribution in [0.2, 0.25) is 0 Å². The highest BCUT2D eigenvalue weighted by atomic mass is 14.8. The molecular formula is C16H12N6. The highest BCUT2D eigenvalue weighted by molar-refractivity contribution is 5.35. The zero-order valence-corrected chi connectivity index (χ0v) is 11.7. The third-order valence-electron chi connectivity index (χ3n) is 2.61. The molecule has 0 saturated carbocycles. The number of rotatable bonds is 6. The van der Waals surface area contributed by atoms with Gasteiger partial charge in [-0.3, -0.25) is 0 Å². The second kappa shape index (κ2) is 9.21. The van der Waals surface area contributed by atoms with Crippen LogP contribution < -0.4 is 10.6 Å². The summed E-state index contributed by atoms with van der Waals surface area (Å²) in [5.74, 6) is 0. The van der Waals surface area contributed by atoms with E-state index in [1.807, 2.05) is 24.3 Å². The van der Waals surface area contributed by atoms with Crippen molar-refractivity contribution in [2.45, 2.75) is 13.1 Å². The van der Waals surface area contributed by atoms with Crippen LogP contribution in [0, 0.1) is 45.3 Å². The van der Waals surface area contributed by atoms with Gasteiger partial charge in [-0.1, -0.05) is 24.3 Å². The van der Waals surface area contributed by atoms with Crippen molar-refractivity contribution in [1.29, 1.82) is 21.0 Å². The minimum atomic E-state index is 0.0263. The summed E-state index contributed by atoms with van der Waals surface area (Å²) in [6.45, 7) is 1.01. The van der Waals surface area contributed by atoms with Crippen LogP contribution in [0.5, 0.6) is 0 Å². The molecule has 0 radical (unpaired) electrons. The molecule has 106 valence electrons. The summed E-state index contributed by atoms with van der Waals surface area (Å²) in [6, 6.07) is 14.7. The summed E-state index contributed by atoms with van der Waals surface area (Å²) in [5.41, 5.74) is 2.05. The number of hydrogen-bond donors (Lipinski definition) is 2. The third-order valence-corrected chi connectivity index (χ3v) is 2.61. The maximum atomic E-state index is 8.58. The van der Waals surface area contributed by atoms with Gasteiger partial charge in [0.25, 0.3) is 0 Å². The first-order valence-corrected chi connectivity index (χ1v) is 6.28. The molecule has 0 unspecified atom stereocenters. The number of nitrogens with one attached hydrogen (secondary N) is 2. The SMILES string of the molecule is N#CC(C#N)=CNCc1ccc(CNC=C(C#N)C#N)cc1. The smallest absolute Gasteiger partial charge is 0.145 e. The first-order valence-electron chi connectivity index (χ1n) is 6.28. The van der Waals surface area contributed by atoms with E-state index in [0.717, 1.165) is 11.1 Å². The van der Waals surface area contributed by atoms with E-state index in [-0.39, 0.29) is 11.1 Å². The first-order chi connectivity index (χ1) is 10.7. The van der Waals surface area contributed by atoms with Crippen LogP contribution in [0.4, 0.5) is 0 Å². The van der Waals surface area contributed by atoms with E-state index in [4.69, 9.17) is 21.0 Å². The minimum Gasteiger partial charge on any atom is -0.385 e. The molecule has 1 rings (SSSR count). The molecule has 0 fully saturated rings. The van der Waals surface area contributed by atoms with E-state index in [2.05, 4.69) is 10.6 Å². The summed E-state index contributed by atoms with van der Waals surface area (Å²) in [5, 5.41) is 40.1. The van der Waals surface area contributed by atoms with Crippen LogP contribution in [0.3, 0.4) is 0 Å². The van der Waals surface area contributed by atoms with Gasteiger partial charge in [0.05, 0.1) is 0 Å².